The quantitative estimate of drug-likeness (QED) is 0.824. The third-order valence-electron chi connectivity index (χ3n) is 3.01. The summed E-state index contributed by atoms with van der Waals surface area (Å²) in [7, 11) is 1.96. The molecule has 0 aliphatic rings. The lowest BCUT2D eigenvalue weighted by atomic mass is 10.0. The van der Waals surface area contributed by atoms with Crippen LogP contribution in [0.1, 0.15) is 5.56 Å². The maximum Gasteiger partial charge on any atom is 0.104 e. The van der Waals surface area contributed by atoms with E-state index in [1.165, 1.54) is 0 Å². The molecule has 0 aliphatic carbocycles. The Kier molecular flexibility index (Phi) is 3.79. The molecule has 0 radical (unpaired) electrons. The number of hydrogen-bond donors (Lipinski definition) is 2. The van der Waals surface area contributed by atoms with Crippen molar-refractivity contribution in [1.29, 1.82) is 0 Å². The number of aliphatic hydroxyl groups excluding tert-OH is 1. The van der Waals surface area contributed by atoms with E-state index in [0.717, 1.165) is 22.0 Å². The molecule has 4 heteroatoms. The Morgan fingerprint density at radius 3 is 2.50 bits per heavy atom. The molecule has 3 N–H and O–H groups in total. The second-order valence-electron chi connectivity index (χ2n) is 4.19. The van der Waals surface area contributed by atoms with Crippen LogP contribution in [0.25, 0.3) is 10.8 Å². The zero-order valence-electron chi connectivity index (χ0n) is 10.3. The molecule has 0 saturated heterocycles. The summed E-state index contributed by atoms with van der Waals surface area (Å²) in [6, 6.07) is 11.9. The number of nitrogens with zero attached hydrogens (tertiary/aromatic N) is 1. The van der Waals surface area contributed by atoms with E-state index in [-0.39, 0.29) is 6.61 Å². The number of likely N-dealkylation sites (N-methyl/N-ethyl adjacent to an activating group) is 1. The van der Waals surface area contributed by atoms with Crippen LogP contribution < -0.4 is 10.6 Å². The molecule has 2 aromatic rings. The van der Waals surface area contributed by atoms with Gasteiger partial charge in [0.1, 0.15) is 4.99 Å². The average Bonchev–Trinajstić information content (AvgIpc) is 2.37. The van der Waals surface area contributed by atoms with Crippen molar-refractivity contribution < 1.29 is 5.11 Å². The lowest BCUT2D eigenvalue weighted by molar-refractivity contribution is 0.304. The Hall–Kier alpha value is -1.65. The van der Waals surface area contributed by atoms with Gasteiger partial charge in [-0.1, -0.05) is 36.5 Å². The molecule has 0 amide bonds. The Labute approximate surface area is 112 Å². The molecule has 0 heterocycles. The molecule has 0 aromatic heterocycles. The van der Waals surface area contributed by atoms with Gasteiger partial charge in [0.2, 0.25) is 0 Å². The van der Waals surface area contributed by atoms with Crippen molar-refractivity contribution in [2.24, 2.45) is 5.73 Å². The van der Waals surface area contributed by atoms with Crippen LogP contribution >= 0.6 is 12.2 Å². The number of thiocarbonyl (C=S) groups is 1. The van der Waals surface area contributed by atoms with E-state index in [2.05, 4.69) is 0 Å². The molecule has 2 rings (SSSR count). The maximum atomic E-state index is 9.03. The van der Waals surface area contributed by atoms with E-state index in [0.29, 0.717) is 11.5 Å². The molecule has 0 atom stereocenters. The fraction of sp³-hybridized carbons (Fsp3) is 0.214. The van der Waals surface area contributed by atoms with E-state index in [4.69, 9.17) is 23.1 Å². The molecule has 0 aliphatic heterocycles. The van der Waals surface area contributed by atoms with Gasteiger partial charge in [-0.15, -0.1) is 0 Å². The normalized spacial score (nSPS) is 10.6. The van der Waals surface area contributed by atoms with Gasteiger partial charge in [-0.2, -0.15) is 0 Å². The summed E-state index contributed by atoms with van der Waals surface area (Å²) in [6.45, 7) is 0.721. The minimum absolute atomic E-state index is 0.127. The first-order chi connectivity index (χ1) is 8.65. The van der Waals surface area contributed by atoms with E-state index in [1.807, 2.05) is 48.3 Å². The minimum atomic E-state index is 0.127. The van der Waals surface area contributed by atoms with E-state index in [9.17, 15) is 0 Å². The molecule has 0 saturated carbocycles. The lowest BCUT2D eigenvalue weighted by Crippen LogP contribution is -2.21. The molecular formula is C14H16N2OS. The second-order valence-corrected chi connectivity index (χ2v) is 4.63. The Balaban J connectivity index is 2.64. The first-order valence-electron chi connectivity index (χ1n) is 5.78. The van der Waals surface area contributed by atoms with Crippen molar-refractivity contribution in [3.05, 3.63) is 42.0 Å². The number of benzene rings is 2. The van der Waals surface area contributed by atoms with Crippen LogP contribution in [0.5, 0.6) is 0 Å². The van der Waals surface area contributed by atoms with Crippen molar-refractivity contribution in [2.75, 3.05) is 25.1 Å². The third-order valence-corrected chi connectivity index (χ3v) is 3.23. The average molecular weight is 260 g/mol. The molecule has 0 fully saturated rings. The van der Waals surface area contributed by atoms with Gasteiger partial charge in [0.15, 0.2) is 0 Å². The van der Waals surface area contributed by atoms with Crippen LogP contribution in [-0.4, -0.2) is 30.3 Å². The maximum absolute atomic E-state index is 9.03. The molecule has 0 spiro atoms. The van der Waals surface area contributed by atoms with Crippen molar-refractivity contribution in [2.45, 2.75) is 0 Å². The zero-order valence-corrected chi connectivity index (χ0v) is 11.1. The monoisotopic (exact) mass is 260 g/mol. The van der Waals surface area contributed by atoms with Gasteiger partial charge in [-0.25, -0.2) is 0 Å². The van der Waals surface area contributed by atoms with Crippen LogP contribution in [0, 0.1) is 0 Å². The van der Waals surface area contributed by atoms with Crippen molar-refractivity contribution in [1.82, 2.24) is 0 Å². The Morgan fingerprint density at radius 1 is 1.22 bits per heavy atom. The predicted molar refractivity (Wildman–Crippen MR) is 80.2 cm³/mol. The summed E-state index contributed by atoms with van der Waals surface area (Å²) >= 11 is 5.07. The summed E-state index contributed by atoms with van der Waals surface area (Å²) in [5.41, 5.74) is 7.70. The van der Waals surface area contributed by atoms with E-state index < -0.39 is 0 Å². The number of aliphatic hydroxyl groups is 1. The molecule has 0 unspecified atom stereocenters. The standard InChI is InChI=1S/C14H16N2OS/c1-16(8-9-17)13-7-6-12(14(15)18)10-4-2-3-5-11(10)13/h2-7,17H,8-9H2,1H3,(H2,15,18). The van der Waals surface area contributed by atoms with Crippen LogP contribution in [0.3, 0.4) is 0 Å². The van der Waals surface area contributed by atoms with Crippen LogP contribution in [0.4, 0.5) is 5.69 Å². The predicted octanol–water partition coefficient (Wildman–Crippen LogP) is 1.90. The highest BCUT2D eigenvalue weighted by Gasteiger charge is 2.09. The first kappa shape index (κ1) is 12.8. The summed E-state index contributed by atoms with van der Waals surface area (Å²) in [6.07, 6.45) is 0. The second kappa shape index (κ2) is 5.33. The lowest BCUT2D eigenvalue weighted by Gasteiger charge is -2.21. The van der Waals surface area contributed by atoms with E-state index in [1.54, 1.807) is 0 Å². The van der Waals surface area contributed by atoms with Crippen molar-refractivity contribution in [3.8, 4) is 0 Å². The molecule has 0 bridgehead atoms. The van der Waals surface area contributed by atoms with Crippen LogP contribution in [0.2, 0.25) is 0 Å². The summed E-state index contributed by atoms with van der Waals surface area (Å²) in [5.74, 6) is 0. The number of nitrogens with two attached hydrogens (primary N) is 1. The smallest absolute Gasteiger partial charge is 0.104 e. The topological polar surface area (TPSA) is 49.5 Å². The van der Waals surface area contributed by atoms with Gasteiger partial charge < -0.3 is 15.7 Å². The molecule has 18 heavy (non-hydrogen) atoms. The fourth-order valence-electron chi connectivity index (χ4n) is 2.10. The first-order valence-corrected chi connectivity index (χ1v) is 6.19. The third kappa shape index (κ3) is 2.30. The van der Waals surface area contributed by atoms with Crippen LogP contribution in [-0.2, 0) is 0 Å². The summed E-state index contributed by atoms with van der Waals surface area (Å²) in [5, 5.41) is 11.2. The number of hydrogen-bond acceptors (Lipinski definition) is 3. The highest BCUT2D eigenvalue weighted by Crippen LogP contribution is 2.28. The fourth-order valence-corrected chi connectivity index (χ4v) is 2.28. The van der Waals surface area contributed by atoms with Crippen molar-refractivity contribution >= 4 is 33.7 Å². The zero-order chi connectivity index (χ0) is 13.1. The Morgan fingerprint density at radius 2 is 1.89 bits per heavy atom. The molecule has 3 nitrogen and oxygen atoms in total. The van der Waals surface area contributed by atoms with Gasteiger partial charge in [0.05, 0.1) is 6.61 Å². The van der Waals surface area contributed by atoms with Gasteiger partial charge in [0.25, 0.3) is 0 Å². The molecule has 94 valence electrons. The highest BCUT2D eigenvalue weighted by molar-refractivity contribution is 7.80. The molecule has 2 aromatic carbocycles. The van der Waals surface area contributed by atoms with Gasteiger partial charge >= 0.3 is 0 Å². The number of anilines is 1. The summed E-state index contributed by atoms with van der Waals surface area (Å²) in [4.78, 5) is 2.42. The van der Waals surface area contributed by atoms with Gasteiger partial charge in [-0.05, 0) is 17.5 Å². The van der Waals surface area contributed by atoms with E-state index >= 15 is 0 Å². The number of rotatable bonds is 4. The molecular weight excluding hydrogens is 244 g/mol. The Bertz CT molecular complexity index is 583. The SMILES string of the molecule is CN(CCO)c1ccc(C(N)=S)c2ccccc12. The summed E-state index contributed by atoms with van der Waals surface area (Å²) < 4.78 is 0. The minimum Gasteiger partial charge on any atom is -0.395 e. The van der Waals surface area contributed by atoms with Crippen molar-refractivity contribution in [3.63, 3.8) is 0 Å². The van der Waals surface area contributed by atoms with Crippen LogP contribution in [0.15, 0.2) is 36.4 Å². The van der Waals surface area contributed by atoms with Gasteiger partial charge in [0, 0.05) is 30.2 Å². The number of fused-ring (bicyclic) bond motifs is 1. The largest absolute Gasteiger partial charge is 0.395 e. The van der Waals surface area contributed by atoms with Gasteiger partial charge in [-0.3, -0.25) is 0 Å². The highest BCUT2D eigenvalue weighted by atomic mass is 32.1.